The Labute approximate surface area is 108 Å². The largest absolute Gasteiger partial charge is 0.469 e. The molecule has 0 saturated carbocycles. The van der Waals surface area contributed by atoms with E-state index in [2.05, 4.69) is 25.7 Å². The molecule has 0 aliphatic heterocycles. The molecule has 1 rings (SSSR count). The van der Waals surface area contributed by atoms with Crippen molar-refractivity contribution < 1.29 is 23.2 Å². The lowest BCUT2D eigenvalue weighted by Crippen LogP contribution is -2.09. The number of pyridine rings is 1. The number of nitrogens with zero attached hydrogens (tertiary/aromatic N) is 2. The summed E-state index contributed by atoms with van der Waals surface area (Å²) in [6.45, 7) is 0. The highest BCUT2D eigenvalue weighted by molar-refractivity contribution is 9.10. The molecule has 0 N–H and O–H groups in total. The molecule has 9 heteroatoms. The zero-order valence-electron chi connectivity index (χ0n) is 9.02. The number of nitro groups is 1. The van der Waals surface area contributed by atoms with Gasteiger partial charge in [0.2, 0.25) is 0 Å². The van der Waals surface area contributed by atoms with Crippen LogP contribution in [0.15, 0.2) is 10.7 Å². The van der Waals surface area contributed by atoms with Gasteiger partial charge >= 0.3 is 5.97 Å². The first-order chi connectivity index (χ1) is 8.38. The second-order valence-corrected chi connectivity index (χ2v) is 3.93. The third-order valence-electron chi connectivity index (χ3n) is 2.05. The molecule has 0 fully saturated rings. The highest BCUT2D eigenvalue weighted by Crippen LogP contribution is 2.36. The van der Waals surface area contributed by atoms with Crippen molar-refractivity contribution in [3.05, 3.63) is 32.0 Å². The summed E-state index contributed by atoms with van der Waals surface area (Å²) in [6, 6.07) is 0. The van der Waals surface area contributed by atoms with Crippen molar-refractivity contribution >= 4 is 27.6 Å². The first-order valence-electron chi connectivity index (χ1n) is 4.55. The van der Waals surface area contributed by atoms with Crippen molar-refractivity contribution in [2.24, 2.45) is 0 Å². The minimum Gasteiger partial charge on any atom is -0.469 e. The van der Waals surface area contributed by atoms with E-state index in [0.717, 1.165) is 7.11 Å². The Morgan fingerprint density at radius 1 is 1.67 bits per heavy atom. The predicted octanol–water partition coefficient (Wildman–Crippen LogP) is 2.41. The van der Waals surface area contributed by atoms with Crippen LogP contribution in [0, 0.1) is 10.1 Å². The average molecular weight is 325 g/mol. The molecule has 18 heavy (non-hydrogen) atoms. The topological polar surface area (TPSA) is 82.3 Å². The highest BCUT2D eigenvalue weighted by Gasteiger charge is 2.28. The van der Waals surface area contributed by atoms with Gasteiger partial charge in [0.25, 0.3) is 12.1 Å². The van der Waals surface area contributed by atoms with E-state index in [-0.39, 0.29) is 16.6 Å². The second-order valence-electron chi connectivity index (χ2n) is 3.13. The molecule has 1 heterocycles. The Hall–Kier alpha value is -1.64. The standard InChI is InChI=1S/C9H7BrF2N2O4/c1-18-6(15)2-5-7(10)8(14(16)17)4(3-13-5)9(11)12/h3,9H,2H2,1H3. The molecule has 98 valence electrons. The van der Waals surface area contributed by atoms with Crippen LogP contribution < -0.4 is 0 Å². The van der Waals surface area contributed by atoms with E-state index in [0.29, 0.717) is 6.20 Å². The summed E-state index contributed by atoms with van der Waals surface area (Å²) >= 11 is 2.81. The van der Waals surface area contributed by atoms with Crippen molar-refractivity contribution in [1.82, 2.24) is 4.98 Å². The van der Waals surface area contributed by atoms with E-state index in [1.165, 1.54) is 0 Å². The van der Waals surface area contributed by atoms with Gasteiger partial charge in [-0.25, -0.2) is 8.78 Å². The van der Waals surface area contributed by atoms with Gasteiger partial charge in [0.05, 0.1) is 24.1 Å². The van der Waals surface area contributed by atoms with Gasteiger partial charge in [0, 0.05) is 6.20 Å². The summed E-state index contributed by atoms with van der Waals surface area (Å²) in [6.07, 6.45) is -2.69. The molecule has 6 nitrogen and oxygen atoms in total. The predicted molar refractivity (Wildman–Crippen MR) is 59.3 cm³/mol. The third kappa shape index (κ3) is 2.97. The summed E-state index contributed by atoms with van der Waals surface area (Å²) in [5.41, 5.74) is -1.63. The quantitative estimate of drug-likeness (QED) is 0.482. The summed E-state index contributed by atoms with van der Waals surface area (Å²) in [4.78, 5) is 24.4. The van der Waals surface area contributed by atoms with E-state index in [1.54, 1.807) is 0 Å². The molecule has 0 aliphatic rings. The number of hydrogen-bond acceptors (Lipinski definition) is 5. The monoisotopic (exact) mass is 324 g/mol. The Balaban J connectivity index is 3.30. The van der Waals surface area contributed by atoms with Gasteiger partial charge in [-0.1, -0.05) is 0 Å². The minimum absolute atomic E-state index is 0.0297. The SMILES string of the molecule is COC(=O)Cc1ncc(C(F)F)c([N+](=O)[O-])c1Br. The van der Waals surface area contributed by atoms with Crippen molar-refractivity contribution in [2.45, 2.75) is 12.8 Å². The van der Waals surface area contributed by atoms with Crippen LogP contribution in [0.2, 0.25) is 0 Å². The van der Waals surface area contributed by atoms with Crippen LogP contribution >= 0.6 is 15.9 Å². The zero-order chi connectivity index (χ0) is 13.9. The van der Waals surface area contributed by atoms with Gasteiger partial charge in [-0.3, -0.25) is 19.9 Å². The summed E-state index contributed by atoms with van der Waals surface area (Å²) in [7, 11) is 1.14. The fourth-order valence-electron chi connectivity index (χ4n) is 1.21. The normalized spacial score (nSPS) is 10.5. The summed E-state index contributed by atoms with van der Waals surface area (Å²) in [5, 5.41) is 10.8. The van der Waals surface area contributed by atoms with Gasteiger partial charge in [-0.05, 0) is 15.9 Å². The number of aromatic nitrogens is 1. The fraction of sp³-hybridized carbons (Fsp3) is 0.333. The molecule has 1 aromatic heterocycles. The molecule has 0 aromatic carbocycles. The molecular weight excluding hydrogens is 318 g/mol. The van der Waals surface area contributed by atoms with E-state index >= 15 is 0 Å². The number of carbonyl (C=O) groups is 1. The lowest BCUT2D eigenvalue weighted by Gasteiger charge is -2.07. The molecule has 0 spiro atoms. The van der Waals surface area contributed by atoms with Crippen molar-refractivity contribution in [1.29, 1.82) is 0 Å². The van der Waals surface area contributed by atoms with Crippen LogP contribution in [0.25, 0.3) is 0 Å². The van der Waals surface area contributed by atoms with Crippen LogP contribution in [-0.2, 0) is 16.0 Å². The Bertz CT molecular complexity index is 496. The molecule has 0 unspecified atom stereocenters. The lowest BCUT2D eigenvalue weighted by atomic mass is 10.2. The maximum atomic E-state index is 12.6. The molecule has 0 bridgehead atoms. The lowest BCUT2D eigenvalue weighted by molar-refractivity contribution is -0.387. The van der Waals surface area contributed by atoms with Crippen molar-refractivity contribution in [3.8, 4) is 0 Å². The van der Waals surface area contributed by atoms with Crippen LogP contribution in [-0.4, -0.2) is 23.0 Å². The zero-order valence-corrected chi connectivity index (χ0v) is 10.6. The molecule has 0 saturated heterocycles. The fourth-order valence-corrected chi connectivity index (χ4v) is 1.82. The van der Waals surface area contributed by atoms with Crippen LogP contribution in [0.1, 0.15) is 17.7 Å². The first kappa shape index (κ1) is 14.4. The third-order valence-corrected chi connectivity index (χ3v) is 2.88. The van der Waals surface area contributed by atoms with Crippen LogP contribution in [0.3, 0.4) is 0 Å². The van der Waals surface area contributed by atoms with E-state index in [9.17, 15) is 23.7 Å². The number of carbonyl (C=O) groups excluding carboxylic acids is 1. The minimum atomic E-state index is -3.03. The van der Waals surface area contributed by atoms with Gasteiger partial charge in [0.15, 0.2) is 0 Å². The van der Waals surface area contributed by atoms with E-state index in [1.807, 2.05) is 0 Å². The van der Waals surface area contributed by atoms with Crippen molar-refractivity contribution in [3.63, 3.8) is 0 Å². The average Bonchev–Trinajstić information content (AvgIpc) is 2.30. The Kier molecular flexibility index (Phi) is 4.65. The molecule has 0 radical (unpaired) electrons. The van der Waals surface area contributed by atoms with Crippen LogP contribution in [0.4, 0.5) is 14.5 Å². The second kappa shape index (κ2) is 5.80. The number of rotatable bonds is 4. The number of alkyl halides is 2. The Morgan fingerprint density at radius 3 is 2.72 bits per heavy atom. The van der Waals surface area contributed by atoms with Gasteiger partial charge < -0.3 is 4.74 Å². The van der Waals surface area contributed by atoms with Gasteiger partial charge in [0.1, 0.15) is 10.0 Å². The number of halogens is 3. The van der Waals surface area contributed by atoms with Gasteiger partial charge in [-0.15, -0.1) is 0 Å². The van der Waals surface area contributed by atoms with Crippen LogP contribution in [0.5, 0.6) is 0 Å². The summed E-state index contributed by atoms with van der Waals surface area (Å²) in [5.74, 6) is -0.678. The van der Waals surface area contributed by atoms with E-state index in [4.69, 9.17) is 0 Å². The highest BCUT2D eigenvalue weighted by atomic mass is 79.9. The number of methoxy groups -OCH3 is 1. The summed E-state index contributed by atoms with van der Waals surface area (Å²) < 4.78 is 29.3. The molecule has 1 aromatic rings. The molecule has 0 amide bonds. The smallest absolute Gasteiger partial charge is 0.311 e. The van der Waals surface area contributed by atoms with Gasteiger partial charge in [-0.2, -0.15) is 0 Å². The first-order valence-corrected chi connectivity index (χ1v) is 5.34. The molecule has 0 aliphatic carbocycles. The van der Waals surface area contributed by atoms with E-state index < -0.39 is 28.6 Å². The number of hydrogen-bond donors (Lipinski definition) is 0. The molecule has 0 atom stereocenters. The van der Waals surface area contributed by atoms with Crippen molar-refractivity contribution in [2.75, 3.05) is 7.11 Å². The number of ether oxygens (including phenoxy) is 1. The maximum absolute atomic E-state index is 12.6. The Morgan fingerprint density at radius 2 is 2.28 bits per heavy atom. The number of esters is 1. The molecular formula is C9H7BrF2N2O4. The maximum Gasteiger partial charge on any atom is 0.311 e.